The van der Waals surface area contributed by atoms with Crippen LogP contribution in [0, 0.1) is 41.7 Å². The van der Waals surface area contributed by atoms with Gasteiger partial charge in [0.25, 0.3) is 0 Å². The van der Waals surface area contributed by atoms with E-state index < -0.39 is 9.17 Å². The Morgan fingerprint density at radius 3 is 1.29 bits per heavy atom. The molecule has 0 radical (unpaired) electrons. The van der Waals surface area contributed by atoms with Crippen LogP contribution in [0.5, 0.6) is 0 Å². The Bertz CT molecular complexity index is 37.9. The fourth-order valence-electron chi connectivity index (χ4n) is 0. The summed E-state index contributed by atoms with van der Waals surface area (Å²) in [6.45, 7) is 0. The molecule has 0 aliphatic heterocycles. The van der Waals surface area contributed by atoms with Gasteiger partial charge in [0.15, 0.2) is 0 Å². The van der Waals surface area contributed by atoms with E-state index in [0.717, 1.165) is 0 Å². The van der Waals surface area contributed by atoms with Gasteiger partial charge in [0.05, 0.1) is 0 Å². The number of rotatable bonds is 0. The minimum atomic E-state index is -3.13. The third-order valence-electron chi connectivity index (χ3n) is 0. The summed E-state index contributed by atoms with van der Waals surface area (Å²) >= 11 is 0. The van der Waals surface area contributed by atoms with Gasteiger partial charge in [-0.2, -0.15) is 0 Å². The Hall–Kier alpha value is 2.28. The molecule has 0 spiro atoms. The Morgan fingerprint density at radius 1 is 1.29 bits per heavy atom. The van der Waals surface area contributed by atoms with Gasteiger partial charge in [-0.15, -0.1) is 12.4 Å². The molecule has 3 nitrogen and oxygen atoms in total. The quantitative estimate of drug-likeness (QED) is 0.512. The molecule has 0 saturated carbocycles. The molecular weight excluding hydrogens is 275 g/mol. The summed E-state index contributed by atoms with van der Waals surface area (Å²) in [5, 5.41) is 0. The van der Waals surface area contributed by atoms with Crippen LogP contribution in [-0.4, -0.2) is 48.3 Å². The van der Waals surface area contributed by atoms with Gasteiger partial charge in [-0.25, -0.2) is 0 Å². The maximum absolute atomic E-state index is 8.74. The number of halogens is 1. The van der Waals surface area contributed by atoms with Gasteiger partial charge in [0.1, 0.15) is 0 Å². The fraction of sp³-hybridized carbons (Fsp3) is 0. The Morgan fingerprint density at radius 2 is 1.29 bits per heavy atom. The van der Waals surface area contributed by atoms with Crippen molar-refractivity contribution >= 4 is 51.1 Å². The van der Waals surface area contributed by atoms with Gasteiger partial charge in [-0.1, -0.05) is 0 Å². The summed E-state index contributed by atoms with van der Waals surface area (Å²) in [4.78, 5) is 14.3. The van der Waals surface area contributed by atoms with Crippen molar-refractivity contribution in [2.45, 2.75) is 0 Å². The van der Waals surface area contributed by atoms with Crippen LogP contribution < -0.4 is 0 Å². The van der Waals surface area contributed by atoms with Gasteiger partial charge >= 0.3 is 38.7 Å². The van der Waals surface area contributed by atoms with E-state index in [2.05, 4.69) is 0 Å². The molecule has 38 valence electrons. The minimum absolute atomic E-state index is 0. The van der Waals surface area contributed by atoms with Crippen molar-refractivity contribution in [3.05, 3.63) is 0 Å². The molecule has 7 heavy (non-hydrogen) atoms. The molecule has 0 aromatic heterocycles. The molecule has 0 rings (SSSR count). The summed E-state index contributed by atoms with van der Waals surface area (Å²) in [6.07, 6.45) is 0. The first kappa shape index (κ1) is 22.8. The number of hydrogen-bond acceptors (Lipinski definition) is 1. The van der Waals surface area contributed by atoms with Crippen LogP contribution in [0.15, 0.2) is 0 Å². The molecule has 0 aromatic carbocycles. The van der Waals surface area contributed by atoms with Gasteiger partial charge in [-0.3, -0.25) is 4.46 Å². The Labute approximate surface area is 105 Å². The molecule has 0 amide bonds. The molecule has 0 aromatic rings. The van der Waals surface area contributed by atoms with Crippen molar-refractivity contribution in [3.63, 3.8) is 0 Å². The van der Waals surface area contributed by atoms with Crippen molar-refractivity contribution in [2.24, 2.45) is 0 Å². The van der Waals surface area contributed by atoms with Crippen LogP contribution in [-0.2, 0) is 4.46 Å². The van der Waals surface area contributed by atoms with Crippen LogP contribution in [0.4, 0.5) is 0 Å². The topological polar surface area (TPSA) is 57.5 Å². The van der Waals surface area contributed by atoms with E-state index in [-0.39, 0.29) is 83.7 Å². The van der Waals surface area contributed by atoms with E-state index in [1.54, 1.807) is 0 Å². The van der Waals surface area contributed by atoms with E-state index in [1.165, 1.54) is 0 Å². The summed E-state index contributed by atoms with van der Waals surface area (Å²) < 4.78 is 8.74. The molecule has 0 fully saturated rings. The molecule has 0 aliphatic carbocycles. The summed E-state index contributed by atoms with van der Waals surface area (Å²) in [5.74, 6) is 0. The zero-order valence-electron chi connectivity index (χ0n) is 2.71. The van der Waals surface area contributed by atoms with Crippen molar-refractivity contribution < 1.29 is 55.8 Å². The van der Waals surface area contributed by atoms with Gasteiger partial charge < -0.3 is 9.59 Å². The number of hydrogen-bond donors (Lipinski definition) is 2. The Kier molecular flexibility index (Phi) is 51.3. The SMILES string of the molecule is Cl.O=[Si](O)O.[Ce].[NaH]. The zero-order chi connectivity index (χ0) is 3.58. The van der Waals surface area contributed by atoms with Crippen molar-refractivity contribution in [2.75, 3.05) is 0 Å². The molecule has 0 bridgehead atoms. The van der Waals surface area contributed by atoms with Crippen LogP contribution in [0.2, 0.25) is 0 Å². The van der Waals surface area contributed by atoms with Gasteiger partial charge in [0.2, 0.25) is 0 Å². The molecular formula is H4CeClNaO3Si. The van der Waals surface area contributed by atoms with E-state index in [1.807, 2.05) is 0 Å². The van der Waals surface area contributed by atoms with Crippen LogP contribution in [0.1, 0.15) is 0 Å². The molecule has 0 unspecified atom stereocenters. The van der Waals surface area contributed by atoms with Gasteiger partial charge in [-0.05, 0) is 0 Å². The molecule has 0 heterocycles. The molecule has 2 N–H and O–H groups in total. The van der Waals surface area contributed by atoms with E-state index >= 15 is 0 Å². The van der Waals surface area contributed by atoms with E-state index in [4.69, 9.17) is 14.1 Å². The van der Waals surface area contributed by atoms with Crippen LogP contribution >= 0.6 is 12.4 Å². The monoisotopic (exact) mass is 278 g/mol. The maximum atomic E-state index is 8.74. The third-order valence-corrected chi connectivity index (χ3v) is 0. The second kappa shape index (κ2) is 15.7. The predicted octanol–water partition coefficient (Wildman–Crippen LogP) is -1.84. The first-order valence-corrected chi connectivity index (χ1v) is 1.95. The first-order chi connectivity index (χ1) is 1.73. The molecule has 0 saturated heterocycles. The van der Waals surface area contributed by atoms with E-state index in [0.29, 0.717) is 0 Å². The summed E-state index contributed by atoms with van der Waals surface area (Å²) in [7, 11) is -3.13. The van der Waals surface area contributed by atoms with Crippen molar-refractivity contribution in [1.82, 2.24) is 0 Å². The van der Waals surface area contributed by atoms with Crippen LogP contribution in [0.25, 0.3) is 0 Å². The first-order valence-electron chi connectivity index (χ1n) is 0.651. The zero-order valence-corrected chi connectivity index (χ0v) is 7.67. The standard InChI is InChI=1S/Ce.ClH.Na.H2O3Si.H/c;;;1-4(2)3;/h;1H;;1-2H;. The summed E-state index contributed by atoms with van der Waals surface area (Å²) in [5.41, 5.74) is 0. The molecule has 0 atom stereocenters. The average Bonchev–Trinajstić information content (AvgIpc) is 0.811. The van der Waals surface area contributed by atoms with E-state index in [9.17, 15) is 0 Å². The third kappa shape index (κ3) is 62.7. The second-order valence-corrected chi connectivity index (χ2v) is 0.848. The second-order valence-electron chi connectivity index (χ2n) is 0.283. The van der Waals surface area contributed by atoms with Crippen LogP contribution in [0.3, 0.4) is 0 Å². The predicted molar refractivity (Wildman–Crippen MR) is 25.3 cm³/mol. The normalized spacial score (nSPS) is 3.43. The fourth-order valence-corrected chi connectivity index (χ4v) is 0. The summed E-state index contributed by atoms with van der Waals surface area (Å²) in [6, 6.07) is 0. The van der Waals surface area contributed by atoms with Gasteiger partial charge in [0, 0.05) is 41.7 Å². The average molecular weight is 279 g/mol. The Balaban J connectivity index is -0.0000000150. The van der Waals surface area contributed by atoms with Crippen molar-refractivity contribution in [3.8, 4) is 0 Å². The molecule has 0 aliphatic rings. The molecule has 7 heteroatoms. The van der Waals surface area contributed by atoms with Crippen molar-refractivity contribution in [1.29, 1.82) is 0 Å².